The summed E-state index contributed by atoms with van der Waals surface area (Å²) in [6, 6.07) is 9.52. The Hall–Kier alpha value is -1.10. The van der Waals surface area contributed by atoms with E-state index in [4.69, 9.17) is 20.3 Å². The molecular weight excluding hydrogens is 194 g/mol. The molecule has 0 aliphatic rings. The number of rotatable bonds is 7. The van der Waals surface area contributed by atoms with Crippen molar-refractivity contribution in [1.82, 2.24) is 0 Å². The highest BCUT2D eigenvalue weighted by Gasteiger charge is 1.99. The van der Waals surface area contributed by atoms with Crippen LogP contribution in [-0.2, 0) is 4.74 Å². The van der Waals surface area contributed by atoms with Crippen molar-refractivity contribution in [2.24, 2.45) is 5.73 Å². The number of benzene rings is 1. The van der Waals surface area contributed by atoms with Gasteiger partial charge in [-0.05, 0) is 12.1 Å². The zero-order chi connectivity index (χ0) is 10.9. The molecule has 0 fully saturated rings. The molecule has 15 heavy (non-hydrogen) atoms. The van der Waals surface area contributed by atoms with Crippen molar-refractivity contribution in [1.29, 1.82) is 0 Å². The van der Waals surface area contributed by atoms with E-state index in [2.05, 4.69) is 0 Å². The summed E-state index contributed by atoms with van der Waals surface area (Å²) in [6.45, 7) is 1.40. The maximum Gasteiger partial charge on any atom is 0.119 e. The molecule has 0 heterocycles. The van der Waals surface area contributed by atoms with Crippen molar-refractivity contribution in [2.75, 3.05) is 26.4 Å². The first kappa shape index (κ1) is 12.0. The van der Waals surface area contributed by atoms with Crippen molar-refractivity contribution in [2.45, 2.75) is 6.10 Å². The Kier molecular flexibility index (Phi) is 5.77. The minimum absolute atomic E-state index is 0.222. The highest BCUT2D eigenvalue weighted by atomic mass is 16.5. The highest BCUT2D eigenvalue weighted by molar-refractivity contribution is 5.20. The number of hydrogen-bond acceptors (Lipinski definition) is 4. The lowest BCUT2D eigenvalue weighted by Gasteiger charge is -2.09. The zero-order valence-electron chi connectivity index (χ0n) is 8.63. The fourth-order valence-corrected chi connectivity index (χ4v) is 1.02. The molecule has 0 spiro atoms. The monoisotopic (exact) mass is 211 g/mol. The molecule has 4 heteroatoms. The highest BCUT2D eigenvalue weighted by Crippen LogP contribution is 2.07. The number of hydrogen-bond donors (Lipinski definition) is 2. The number of aliphatic hydroxyl groups excluding tert-OH is 1. The lowest BCUT2D eigenvalue weighted by Crippen LogP contribution is -2.26. The van der Waals surface area contributed by atoms with E-state index >= 15 is 0 Å². The maximum absolute atomic E-state index is 9.08. The summed E-state index contributed by atoms with van der Waals surface area (Å²) in [6.07, 6.45) is -0.582. The minimum Gasteiger partial charge on any atom is -0.491 e. The molecule has 0 aromatic heterocycles. The number of para-hydroxylation sites is 1. The Labute approximate surface area is 89.6 Å². The lowest BCUT2D eigenvalue weighted by atomic mass is 10.3. The van der Waals surface area contributed by atoms with Crippen LogP contribution in [-0.4, -0.2) is 37.6 Å². The molecule has 3 N–H and O–H groups in total. The van der Waals surface area contributed by atoms with Crippen LogP contribution < -0.4 is 10.5 Å². The Morgan fingerprint density at radius 2 is 1.93 bits per heavy atom. The molecule has 0 aliphatic heterocycles. The predicted octanol–water partition coefficient (Wildman–Crippen LogP) is 0.402. The Morgan fingerprint density at radius 3 is 2.60 bits per heavy atom. The van der Waals surface area contributed by atoms with E-state index in [0.717, 1.165) is 5.75 Å². The van der Waals surface area contributed by atoms with Gasteiger partial charge >= 0.3 is 0 Å². The van der Waals surface area contributed by atoms with Gasteiger partial charge in [-0.3, -0.25) is 0 Å². The first-order valence-electron chi connectivity index (χ1n) is 4.96. The van der Waals surface area contributed by atoms with Gasteiger partial charge in [-0.2, -0.15) is 0 Å². The summed E-state index contributed by atoms with van der Waals surface area (Å²) in [7, 11) is 0. The summed E-state index contributed by atoms with van der Waals surface area (Å²) in [5.41, 5.74) is 5.22. The molecule has 0 bridgehead atoms. The van der Waals surface area contributed by atoms with Crippen LogP contribution in [0.2, 0.25) is 0 Å². The normalized spacial score (nSPS) is 12.4. The average Bonchev–Trinajstić information content (AvgIpc) is 2.29. The van der Waals surface area contributed by atoms with Crippen molar-refractivity contribution in [3.63, 3.8) is 0 Å². The SMILES string of the molecule is NCC(O)COCCOc1ccccc1. The van der Waals surface area contributed by atoms with Gasteiger partial charge in [-0.15, -0.1) is 0 Å². The van der Waals surface area contributed by atoms with Gasteiger partial charge in [0.25, 0.3) is 0 Å². The van der Waals surface area contributed by atoms with E-state index < -0.39 is 6.10 Å². The second-order valence-corrected chi connectivity index (χ2v) is 3.13. The van der Waals surface area contributed by atoms with E-state index in [1.165, 1.54) is 0 Å². The van der Waals surface area contributed by atoms with Gasteiger partial charge in [-0.25, -0.2) is 0 Å². The van der Waals surface area contributed by atoms with Gasteiger partial charge in [0.15, 0.2) is 0 Å². The lowest BCUT2D eigenvalue weighted by molar-refractivity contribution is 0.0287. The minimum atomic E-state index is -0.582. The van der Waals surface area contributed by atoms with Crippen molar-refractivity contribution in [3.05, 3.63) is 30.3 Å². The third-order valence-electron chi connectivity index (χ3n) is 1.82. The predicted molar refractivity (Wildman–Crippen MR) is 57.8 cm³/mol. The molecule has 1 aromatic carbocycles. The summed E-state index contributed by atoms with van der Waals surface area (Å²) in [5.74, 6) is 0.820. The number of aliphatic hydroxyl groups is 1. The van der Waals surface area contributed by atoms with Gasteiger partial charge in [0.05, 0.1) is 19.3 Å². The summed E-state index contributed by atoms with van der Waals surface area (Å²) in [4.78, 5) is 0. The van der Waals surface area contributed by atoms with Gasteiger partial charge in [-0.1, -0.05) is 18.2 Å². The Balaban J connectivity index is 2.03. The molecule has 0 amide bonds. The smallest absolute Gasteiger partial charge is 0.119 e. The standard InChI is InChI=1S/C11H17NO3/c12-8-10(13)9-14-6-7-15-11-4-2-1-3-5-11/h1-5,10,13H,6-9,12H2. The number of ether oxygens (including phenoxy) is 2. The summed E-state index contributed by atoms with van der Waals surface area (Å²) >= 11 is 0. The molecule has 1 unspecified atom stereocenters. The fraction of sp³-hybridized carbons (Fsp3) is 0.455. The van der Waals surface area contributed by atoms with Crippen LogP contribution in [0.15, 0.2) is 30.3 Å². The van der Waals surface area contributed by atoms with E-state index in [9.17, 15) is 0 Å². The average molecular weight is 211 g/mol. The van der Waals surface area contributed by atoms with Gasteiger partial charge in [0.2, 0.25) is 0 Å². The summed E-state index contributed by atoms with van der Waals surface area (Å²) in [5, 5.41) is 9.08. The second-order valence-electron chi connectivity index (χ2n) is 3.13. The topological polar surface area (TPSA) is 64.7 Å². The van der Waals surface area contributed by atoms with Gasteiger partial charge in [0.1, 0.15) is 12.4 Å². The molecule has 84 valence electrons. The zero-order valence-corrected chi connectivity index (χ0v) is 8.63. The number of nitrogens with two attached hydrogens (primary N) is 1. The van der Waals surface area contributed by atoms with Crippen LogP contribution in [0.1, 0.15) is 0 Å². The van der Waals surface area contributed by atoms with Gasteiger partial charge < -0.3 is 20.3 Å². The molecule has 0 saturated heterocycles. The van der Waals surface area contributed by atoms with Crippen molar-refractivity contribution >= 4 is 0 Å². The molecule has 1 aromatic rings. The van der Waals surface area contributed by atoms with E-state index in [1.807, 2.05) is 30.3 Å². The first-order valence-corrected chi connectivity index (χ1v) is 4.96. The van der Waals surface area contributed by atoms with Crippen LogP contribution in [0, 0.1) is 0 Å². The molecule has 4 nitrogen and oxygen atoms in total. The quantitative estimate of drug-likeness (QED) is 0.641. The second kappa shape index (κ2) is 7.23. The van der Waals surface area contributed by atoms with Crippen LogP contribution in [0.4, 0.5) is 0 Å². The van der Waals surface area contributed by atoms with Crippen molar-refractivity contribution < 1.29 is 14.6 Å². The van der Waals surface area contributed by atoms with E-state index in [1.54, 1.807) is 0 Å². The fourth-order valence-electron chi connectivity index (χ4n) is 1.02. The molecule has 1 rings (SSSR count). The van der Waals surface area contributed by atoms with Crippen LogP contribution >= 0.6 is 0 Å². The van der Waals surface area contributed by atoms with Crippen LogP contribution in [0.5, 0.6) is 5.75 Å². The largest absolute Gasteiger partial charge is 0.491 e. The van der Waals surface area contributed by atoms with Gasteiger partial charge in [0, 0.05) is 6.54 Å². The van der Waals surface area contributed by atoms with Crippen molar-refractivity contribution in [3.8, 4) is 5.75 Å². The Bertz CT molecular complexity index is 253. The van der Waals surface area contributed by atoms with E-state index in [-0.39, 0.29) is 13.2 Å². The molecule has 1 atom stereocenters. The molecule has 0 radical (unpaired) electrons. The van der Waals surface area contributed by atoms with Crippen LogP contribution in [0.25, 0.3) is 0 Å². The third-order valence-corrected chi connectivity index (χ3v) is 1.82. The Morgan fingerprint density at radius 1 is 1.20 bits per heavy atom. The summed E-state index contributed by atoms with van der Waals surface area (Å²) < 4.78 is 10.5. The molecule has 0 aliphatic carbocycles. The third kappa shape index (κ3) is 5.37. The van der Waals surface area contributed by atoms with Crippen LogP contribution in [0.3, 0.4) is 0 Å². The van der Waals surface area contributed by atoms with E-state index in [0.29, 0.717) is 13.2 Å². The molecule has 0 saturated carbocycles. The maximum atomic E-state index is 9.08. The molecular formula is C11H17NO3. The first-order chi connectivity index (χ1) is 7.33.